The fourth-order valence-corrected chi connectivity index (χ4v) is 9.60. The summed E-state index contributed by atoms with van der Waals surface area (Å²) in [5.74, 6) is 0.106. The molecule has 6 N–H and O–H groups in total. The van der Waals surface area contributed by atoms with Gasteiger partial charge in [-0.15, -0.1) is 54.6 Å². The Morgan fingerprint density at radius 1 is 0.394 bits per heavy atom. The molecular formula is C77H96B16N10O. The number of imidazole rings is 1. The molecule has 0 unspecified atom stereocenters. The average Bonchev–Trinajstić information content (AvgIpc) is 1.67. The van der Waals surface area contributed by atoms with Crippen molar-refractivity contribution < 1.29 is 4.79 Å². The second-order valence-electron chi connectivity index (χ2n) is 22.8. The van der Waals surface area contributed by atoms with Gasteiger partial charge in [-0.2, -0.15) is 20.5 Å². The number of rotatable bonds is 0. The summed E-state index contributed by atoms with van der Waals surface area (Å²) in [6.07, 6.45) is 7.28. The largest absolute Gasteiger partial charge is 0.384 e. The van der Waals surface area contributed by atoms with Gasteiger partial charge >= 0.3 is 0 Å². The van der Waals surface area contributed by atoms with Crippen molar-refractivity contribution in [3.8, 4) is 0 Å². The highest BCUT2D eigenvalue weighted by Crippen LogP contribution is 2.26. The molecule has 27 heteroatoms. The quantitative estimate of drug-likeness (QED) is 0.0831. The maximum atomic E-state index is 10.9. The zero-order valence-corrected chi connectivity index (χ0v) is 64.6. The molecule has 0 fully saturated rings. The molecule has 24 radical (unpaired) electrons. The van der Waals surface area contributed by atoms with Gasteiger partial charge in [-0.05, 0) is 172 Å². The van der Waals surface area contributed by atoms with Crippen LogP contribution < -0.4 is 10.6 Å². The summed E-state index contributed by atoms with van der Waals surface area (Å²) < 4.78 is 0. The first-order valence-corrected chi connectivity index (χ1v) is 34.4. The number of fused-ring (bicyclic) bond motifs is 7. The van der Waals surface area contributed by atoms with E-state index in [0.29, 0.717) is 6.42 Å². The second-order valence-corrected chi connectivity index (χ2v) is 22.8. The molecule has 4 aromatic heterocycles. The molecule has 2 aliphatic heterocycles. The van der Waals surface area contributed by atoms with Crippen molar-refractivity contribution in [1.82, 2.24) is 40.6 Å². The van der Waals surface area contributed by atoms with Crippen LogP contribution in [-0.4, -0.2) is 172 Å². The molecule has 0 spiro atoms. The fraction of sp³-hybridized carbons (Fsp3) is 0.260. The molecule has 0 atom stereocenters. The van der Waals surface area contributed by atoms with Crippen LogP contribution in [0.25, 0.3) is 54.6 Å². The van der Waals surface area contributed by atoms with E-state index < -0.39 is 0 Å². The van der Waals surface area contributed by atoms with E-state index in [9.17, 15) is 4.79 Å². The number of aryl methyl sites for hydroxylation is 9. The van der Waals surface area contributed by atoms with Gasteiger partial charge in [0.05, 0.1) is 92.9 Å². The van der Waals surface area contributed by atoms with Crippen LogP contribution in [0.4, 0.5) is 11.4 Å². The molecule has 0 bridgehead atoms. The minimum atomic E-state index is 0.106. The third-order valence-electron chi connectivity index (χ3n) is 14.0. The Hall–Kier alpha value is -8.57. The van der Waals surface area contributed by atoms with Gasteiger partial charge in [0.15, 0.2) is 0 Å². The minimum Gasteiger partial charge on any atom is -0.384 e. The van der Waals surface area contributed by atoms with Gasteiger partial charge in [0.1, 0.15) is 11.0 Å². The molecule has 15 rings (SSSR count). The highest BCUT2D eigenvalue weighted by molar-refractivity contribution is 6.90. The Morgan fingerprint density at radius 2 is 0.837 bits per heavy atom. The maximum Gasteiger partial charge on any atom is 0.228 e. The van der Waals surface area contributed by atoms with E-state index in [-0.39, 0.29) is 5.91 Å². The van der Waals surface area contributed by atoms with Crippen LogP contribution in [0.15, 0.2) is 201 Å². The van der Waals surface area contributed by atoms with Gasteiger partial charge in [-0.25, -0.2) is 4.98 Å². The number of aromatic amines is 4. The van der Waals surface area contributed by atoms with Crippen molar-refractivity contribution in [3.63, 3.8) is 0 Å². The normalized spacial score (nSPS) is 9.76. The first kappa shape index (κ1) is 95.4. The van der Waals surface area contributed by atoms with E-state index in [1.54, 1.807) is 60.9 Å². The Labute approximate surface area is 641 Å². The zero-order valence-electron chi connectivity index (χ0n) is 64.6. The van der Waals surface area contributed by atoms with E-state index in [1.807, 2.05) is 86.9 Å². The Morgan fingerprint density at radius 3 is 1.34 bits per heavy atom. The Kier molecular flexibility index (Phi) is 54.8. The van der Waals surface area contributed by atoms with Gasteiger partial charge < -0.3 is 20.6 Å². The third kappa shape index (κ3) is 38.3. The predicted octanol–water partition coefficient (Wildman–Crippen LogP) is 15.0. The number of hydrogen-bond donors (Lipinski definition) is 6. The van der Waals surface area contributed by atoms with E-state index in [0.717, 1.165) is 50.9 Å². The summed E-state index contributed by atoms with van der Waals surface area (Å²) in [7, 11) is 49.8. The van der Waals surface area contributed by atoms with Crippen LogP contribution in [-0.2, 0) is 17.6 Å². The number of nitrogens with zero attached hydrogens (tertiary/aromatic N) is 4. The molecule has 0 aliphatic carbocycles. The van der Waals surface area contributed by atoms with Gasteiger partial charge in [-0.1, -0.05) is 151 Å². The van der Waals surface area contributed by atoms with E-state index in [2.05, 4.69) is 221 Å². The summed E-state index contributed by atoms with van der Waals surface area (Å²) >= 11 is 0. The monoisotopic (exact) mass is 1350 g/mol. The fourth-order valence-electron chi connectivity index (χ4n) is 9.60. The van der Waals surface area contributed by atoms with Crippen LogP contribution in [0.3, 0.4) is 0 Å². The number of amides is 1. The first-order valence-electron chi connectivity index (χ1n) is 34.4. The van der Waals surface area contributed by atoms with Crippen molar-refractivity contribution in [2.45, 2.75) is 130 Å². The number of hydrogen-bond acceptors (Lipinski definition) is 6. The van der Waals surface area contributed by atoms with Gasteiger partial charge in [0, 0.05) is 102 Å². The van der Waals surface area contributed by atoms with E-state index >= 15 is 0 Å². The van der Waals surface area contributed by atoms with Crippen LogP contribution in [0.2, 0.25) is 54.6 Å². The summed E-state index contributed by atoms with van der Waals surface area (Å²) in [5, 5.41) is 28.7. The molecule has 1 amide bonds. The van der Waals surface area contributed by atoms with Gasteiger partial charge in [0.25, 0.3) is 0 Å². The molecule has 9 aromatic carbocycles. The number of H-pyrrole nitrogens is 4. The standard InChI is InChI=1S/C11H10.C9H9NO.C9H11N.C9H9N.2C8H8N2.C8H10.C7H7N3.8CH3B2/c1-9-5-4-7-10-6-2-3-8-11(9)10;1-6-3-2-4-8-7(6)5-9(11)10-8;2*1-7-3-2-4-9-8(7)5-6-10-9;1-6-3-2-4-8-7(6)5-9-10-8;1-6-3-2-4-7-8(6)10-5-9-7;1-7-4-3-5-8(2)6-7;1-5-3-2-4-6-7(5)9-10-8-6;8*1-3-2/h2-8H,1H3;2-4H,5H2,1H3,(H,10,11);2-4,10H,5-6H2,1H3;2-6,10H,1H3;2*2-5H,1H3,(H,9,10);3-6H,1-2H3;2-4H,1H3,(H,8,9,10);8*1H3. The molecule has 11 nitrogen and oxygen atoms in total. The maximum absolute atomic E-state index is 10.9. The number of carbonyl (C=O) groups excluding carboxylic acids is 1. The summed E-state index contributed by atoms with van der Waals surface area (Å²) in [6.45, 7) is 34.2. The highest BCUT2D eigenvalue weighted by Gasteiger charge is 2.18. The van der Waals surface area contributed by atoms with Crippen molar-refractivity contribution >= 4 is 191 Å². The molecule has 6 heterocycles. The molecule has 0 saturated carbocycles. The molecule has 13 aromatic rings. The molecular weight excluding hydrogens is 1250 g/mol. The summed E-state index contributed by atoms with van der Waals surface area (Å²) in [5.41, 5.74) is 23.0. The first-order chi connectivity index (χ1) is 50.1. The lowest BCUT2D eigenvalue weighted by Gasteiger charge is -2.00. The number of carbonyl (C=O) groups is 1. The molecule has 2 aliphatic rings. The van der Waals surface area contributed by atoms with Crippen molar-refractivity contribution in [2.75, 3.05) is 17.2 Å². The highest BCUT2D eigenvalue weighted by atomic mass is 16.1. The third-order valence-corrected chi connectivity index (χ3v) is 14.0. The lowest BCUT2D eigenvalue weighted by Crippen LogP contribution is -2.03. The number of anilines is 2. The Balaban J connectivity index is 0.00000112. The van der Waals surface area contributed by atoms with E-state index in [4.69, 9.17) is 61.9 Å². The minimum absolute atomic E-state index is 0.106. The summed E-state index contributed by atoms with van der Waals surface area (Å²) in [6, 6.07) is 62.2. The smallest absolute Gasteiger partial charge is 0.228 e. The number of nitrogens with one attached hydrogen (secondary N) is 6. The van der Waals surface area contributed by atoms with Crippen LogP contribution in [0, 0.1) is 62.3 Å². The number of benzene rings is 9. The molecule has 0 saturated heterocycles. The lowest BCUT2D eigenvalue weighted by atomic mass is 9.59. The van der Waals surface area contributed by atoms with Crippen molar-refractivity contribution in [3.05, 3.63) is 262 Å². The second kappa shape index (κ2) is 59.8. The van der Waals surface area contributed by atoms with Crippen LogP contribution in [0.1, 0.15) is 61.2 Å². The number of aromatic nitrogens is 8. The molecule has 508 valence electrons. The average molecular weight is 1350 g/mol. The van der Waals surface area contributed by atoms with Crippen LogP contribution in [0.5, 0.6) is 0 Å². The van der Waals surface area contributed by atoms with E-state index in [1.165, 1.54) is 147 Å². The lowest BCUT2D eigenvalue weighted by molar-refractivity contribution is -0.115. The zero-order chi connectivity index (χ0) is 78.0. The Bertz CT molecular complexity index is 3990. The van der Waals surface area contributed by atoms with Gasteiger partial charge in [0.2, 0.25) is 5.91 Å². The van der Waals surface area contributed by atoms with Crippen molar-refractivity contribution in [2.24, 2.45) is 0 Å². The van der Waals surface area contributed by atoms with Gasteiger partial charge in [-0.3, -0.25) is 9.89 Å². The predicted molar refractivity (Wildman–Crippen MR) is 474 cm³/mol. The number of para-hydroxylation sites is 2. The summed E-state index contributed by atoms with van der Waals surface area (Å²) in [4.78, 5) is 21.3. The topological polar surface area (TPSA) is 156 Å². The SMILES string of the molecule is Cc1cccc(C)c1.Cc1cccc2[nH]ccc12.Cc1cccc2[nH]cnc12.Cc1cccc2[nH]ncc12.Cc1cccc2c1CC(=O)N2.Cc1cccc2c1CCN2.Cc1cccc2ccccc12.Cc1cccc2n[nH]nc12.[B][B]C.[B][B]C.[B][B]C.[B][B]C.[B][B]C.[B][B]C.[B][B]C.[B][B]C. The molecule has 104 heavy (non-hydrogen) atoms. The van der Waals surface area contributed by atoms with Crippen molar-refractivity contribution in [1.29, 1.82) is 0 Å². The van der Waals surface area contributed by atoms with Crippen LogP contribution >= 0.6 is 0 Å².